The Balaban J connectivity index is 1.49. The molecule has 130 valence electrons. The molecule has 25 heavy (non-hydrogen) atoms. The first-order valence-electron chi connectivity index (χ1n) is 8.68. The van der Waals surface area contributed by atoms with Crippen LogP contribution in [0.1, 0.15) is 47.1 Å². The van der Waals surface area contributed by atoms with Crippen molar-refractivity contribution in [2.75, 3.05) is 7.11 Å². The lowest BCUT2D eigenvalue weighted by atomic mass is 9.92. The summed E-state index contributed by atoms with van der Waals surface area (Å²) in [5.74, 6) is 1.63. The van der Waals surface area contributed by atoms with E-state index in [-0.39, 0.29) is 12.1 Å². The van der Waals surface area contributed by atoms with E-state index in [1.54, 1.807) is 7.11 Å². The average Bonchev–Trinajstić information content (AvgIpc) is 3.06. The lowest BCUT2D eigenvalue weighted by molar-refractivity contribution is 0.192. The third kappa shape index (κ3) is 2.92. The van der Waals surface area contributed by atoms with Gasteiger partial charge in [-0.05, 0) is 37.8 Å². The van der Waals surface area contributed by atoms with Crippen molar-refractivity contribution in [1.29, 1.82) is 0 Å². The number of ether oxygens (including phenoxy) is 1. The van der Waals surface area contributed by atoms with Crippen LogP contribution in [0.25, 0.3) is 0 Å². The summed E-state index contributed by atoms with van der Waals surface area (Å²) in [7, 11) is 1.67. The van der Waals surface area contributed by atoms with Gasteiger partial charge in [-0.25, -0.2) is 14.8 Å². The van der Waals surface area contributed by atoms with Gasteiger partial charge in [-0.3, -0.25) is 0 Å². The Bertz CT molecular complexity index is 821. The number of fused-ring (bicyclic) bond motifs is 2. The highest BCUT2D eigenvalue weighted by Crippen LogP contribution is 2.32. The van der Waals surface area contributed by atoms with E-state index in [9.17, 15) is 4.79 Å². The second kappa shape index (κ2) is 6.35. The lowest BCUT2D eigenvalue weighted by Crippen LogP contribution is -2.40. The number of urea groups is 1. The molecule has 1 aromatic heterocycles. The van der Waals surface area contributed by atoms with E-state index in [1.807, 2.05) is 30.2 Å². The molecule has 1 atom stereocenters. The van der Waals surface area contributed by atoms with Gasteiger partial charge < -0.3 is 15.0 Å². The van der Waals surface area contributed by atoms with E-state index in [4.69, 9.17) is 4.74 Å². The number of aryl methyl sites for hydroxylation is 2. The van der Waals surface area contributed by atoms with Crippen LogP contribution in [0.3, 0.4) is 0 Å². The number of nitrogens with zero attached hydrogens (tertiary/aromatic N) is 3. The molecule has 0 saturated heterocycles. The molecule has 1 unspecified atom stereocenters. The van der Waals surface area contributed by atoms with Crippen molar-refractivity contribution in [3.8, 4) is 5.75 Å². The molecule has 1 aliphatic heterocycles. The SMILES string of the molecule is COc1cccc2c1CN(C(=O)NC1CCCc3nc(C)ncc31)C2. The van der Waals surface area contributed by atoms with Crippen molar-refractivity contribution in [2.45, 2.75) is 45.3 Å². The van der Waals surface area contributed by atoms with Crippen LogP contribution in [0.4, 0.5) is 4.79 Å². The summed E-state index contributed by atoms with van der Waals surface area (Å²) in [6.07, 6.45) is 4.78. The lowest BCUT2D eigenvalue weighted by Gasteiger charge is -2.27. The van der Waals surface area contributed by atoms with E-state index < -0.39 is 0 Å². The fraction of sp³-hybridized carbons (Fsp3) is 0.421. The van der Waals surface area contributed by atoms with Gasteiger partial charge in [0.1, 0.15) is 11.6 Å². The quantitative estimate of drug-likeness (QED) is 0.914. The number of methoxy groups -OCH3 is 1. The number of carbonyl (C=O) groups excluding carboxylic acids is 1. The molecule has 2 aromatic rings. The number of benzene rings is 1. The molecule has 1 aliphatic carbocycles. The maximum atomic E-state index is 12.8. The number of carbonyl (C=O) groups is 1. The Labute approximate surface area is 147 Å². The monoisotopic (exact) mass is 338 g/mol. The van der Waals surface area contributed by atoms with Crippen molar-refractivity contribution in [2.24, 2.45) is 0 Å². The van der Waals surface area contributed by atoms with Crippen molar-refractivity contribution in [3.05, 3.63) is 52.6 Å². The van der Waals surface area contributed by atoms with Gasteiger partial charge in [-0.15, -0.1) is 0 Å². The highest BCUT2D eigenvalue weighted by molar-refractivity contribution is 5.76. The van der Waals surface area contributed by atoms with Crippen LogP contribution >= 0.6 is 0 Å². The Hall–Kier alpha value is -2.63. The zero-order chi connectivity index (χ0) is 17.4. The van der Waals surface area contributed by atoms with Crippen LogP contribution in [0.2, 0.25) is 0 Å². The number of nitrogens with one attached hydrogen (secondary N) is 1. The minimum absolute atomic E-state index is 0.0116. The summed E-state index contributed by atoms with van der Waals surface area (Å²) in [6.45, 7) is 3.09. The summed E-state index contributed by atoms with van der Waals surface area (Å²) in [5.41, 5.74) is 4.37. The van der Waals surface area contributed by atoms with E-state index >= 15 is 0 Å². The van der Waals surface area contributed by atoms with Gasteiger partial charge in [-0.1, -0.05) is 12.1 Å². The number of rotatable bonds is 2. The molecule has 1 aromatic carbocycles. The highest BCUT2D eigenvalue weighted by Gasteiger charge is 2.29. The summed E-state index contributed by atoms with van der Waals surface area (Å²) < 4.78 is 5.42. The van der Waals surface area contributed by atoms with Crippen LogP contribution < -0.4 is 10.1 Å². The molecule has 0 saturated carbocycles. The minimum Gasteiger partial charge on any atom is -0.496 e. The fourth-order valence-corrected chi connectivity index (χ4v) is 3.76. The van der Waals surface area contributed by atoms with Crippen LogP contribution in [-0.4, -0.2) is 28.0 Å². The van der Waals surface area contributed by atoms with Crippen LogP contribution in [-0.2, 0) is 19.5 Å². The molecule has 0 bridgehead atoms. The van der Waals surface area contributed by atoms with Crippen molar-refractivity contribution >= 4 is 6.03 Å². The Morgan fingerprint density at radius 3 is 3.08 bits per heavy atom. The standard InChI is InChI=1S/C19H22N4O2/c1-12-20-9-14-16(21-12)6-4-7-17(14)22-19(24)23-10-13-5-3-8-18(25-2)15(13)11-23/h3,5,8-9,17H,4,6-7,10-11H2,1-2H3,(H,22,24). The number of amides is 2. The van der Waals surface area contributed by atoms with Gasteiger partial charge in [-0.2, -0.15) is 0 Å². The number of aromatic nitrogens is 2. The smallest absolute Gasteiger partial charge is 0.318 e. The van der Waals surface area contributed by atoms with Gasteiger partial charge in [0.05, 0.1) is 19.7 Å². The zero-order valence-electron chi connectivity index (χ0n) is 14.6. The van der Waals surface area contributed by atoms with Crippen molar-refractivity contribution in [1.82, 2.24) is 20.2 Å². The molecule has 4 rings (SSSR count). The largest absolute Gasteiger partial charge is 0.496 e. The van der Waals surface area contributed by atoms with Gasteiger partial charge in [0.2, 0.25) is 0 Å². The highest BCUT2D eigenvalue weighted by atomic mass is 16.5. The van der Waals surface area contributed by atoms with E-state index in [0.717, 1.165) is 53.2 Å². The molecule has 2 amide bonds. The van der Waals surface area contributed by atoms with Gasteiger partial charge in [0.25, 0.3) is 0 Å². The van der Waals surface area contributed by atoms with Crippen molar-refractivity contribution in [3.63, 3.8) is 0 Å². The molecular weight excluding hydrogens is 316 g/mol. The molecule has 6 heteroatoms. The minimum atomic E-state index is -0.0447. The normalized spacial score (nSPS) is 18.5. The van der Waals surface area contributed by atoms with Gasteiger partial charge >= 0.3 is 6.03 Å². The Morgan fingerprint density at radius 2 is 2.24 bits per heavy atom. The maximum absolute atomic E-state index is 12.8. The molecule has 0 spiro atoms. The number of hydrogen-bond donors (Lipinski definition) is 1. The van der Waals surface area contributed by atoms with Crippen LogP contribution in [0, 0.1) is 6.92 Å². The van der Waals surface area contributed by atoms with E-state index in [0.29, 0.717) is 13.1 Å². The molecule has 0 fully saturated rings. The third-order valence-electron chi connectivity index (χ3n) is 5.05. The predicted molar refractivity (Wildman–Crippen MR) is 93.2 cm³/mol. The number of hydrogen-bond acceptors (Lipinski definition) is 4. The Morgan fingerprint density at radius 1 is 1.36 bits per heavy atom. The van der Waals surface area contributed by atoms with Crippen LogP contribution in [0.5, 0.6) is 5.75 Å². The molecule has 2 aliphatic rings. The molecule has 0 radical (unpaired) electrons. The maximum Gasteiger partial charge on any atom is 0.318 e. The Kier molecular flexibility index (Phi) is 4.03. The second-order valence-corrected chi connectivity index (χ2v) is 6.67. The molecule has 1 N–H and O–H groups in total. The first-order valence-corrected chi connectivity index (χ1v) is 8.68. The fourth-order valence-electron chi connectivity index (χ4n) is 3.76. The first-order chi connectivity index (χ1) is 12.2. The zero-order valence-corrected chi connectivity index (χ0v) is 14.6. The topological polar surface area (TPSA) is 67.3 Å². The molecule has 6 nitrogen and oxygen atoms in total. The summed E-state index contributed by atoms with van der Waals surface area (Å²) in [4.78, 5) is 23.5. The summed E-state index contributed by atoms with van der Waals surface area (Å²) >= 11 is 0. The summed E-state index contributed by atoms with van der Waals surface area (Å²) in [5, 5.41) is 3.17. The average molecular weight is 338 g/mol. The van der Waals surface area contributed by atoms with Crippen molar-refractivity contribution < 1.29 is 9.53 Å². The predicted octanol–water partition coefficient (Wildman–Crippen LogP) is 2.90. The third-order valence-corrected chi connectivity index (χ3v) is 5.05. The summed E-state index contributed by atoms with van der Waals surface area (Å²) in [6, 6.07) is 5.91. The first kappa shape index (κ1) is 15.9. The molecule has 2 heterocycles. The molecular formula is C19H22N4O2. The van der Waals surface area contributed by atoms with Crippen LogP contribution in [0.15, 0.2) is 24.4 Å². The van der Waals surface area contributed by atoms with E-state index in [1.165, 1.54) is 0 Å². The van der Waals surface area contributed by atoms with Gasteiger partial charge in [0, 0.05) is 29.6 Å². The van der Waals surface area contributed by atoms with E-state index in [2.05, 4.69) is 21.4 Å². The second-order valence-electron chi connectivity index (χ2n) is 6.67. The van der Waals surface area contributed by atoms with Gasteiger partial charge in [0.15, 0.2) is 0 Å².